The average molecular weight is 587 g/mol. The van der Waals surface area contributed by atoms with Crippen molar-refractivity contribution in [3.63, 3.8) is 0 Å². The first-order valence-corrected chi connectivity index (χ1v) is 13.7. The summed E-state index contributed by atoms with van der Waals surface area (Å²) in [6.45, 7) is 5.76. The Balaban J connectivity index is 1.73. The Morgan fingerprint density at radius 1 is 0.419 bits per heavy atom. The molecule has 0 spiro atoms. The summed E-state index contributed by atoms with van der Waals surface area (Å²) in [5.74, 6) is 0. The zero-order chi connectivity index (χ0) is 30.4. The molecule has 43 heavy (non-hydrogen) atoms. The Bertz CT molecular complexity index is 2190. The van der Waals surface area contributed by atoms with Crippen LogP contribution in [-0.4, -0.2) is 9.13 Å². The Hall–Kier alpha value is -4.72. The van der Waals surface area contributed by atoms with Gasteiger partial charge in [-0.15, -0.1) is 0 Å². The highest BCUT2D eigenvalue weighted by atomic mass is 19.4. The second-order valence-corrected chi connectivity index (χ2v) is 11.1. The van der Waals surface area contributed by atoms with E-state index in [9.17, 15) is 26.3 Å². The number of alkyl halides is 6. The molecular formula is C35H24F6N2. The van der Waals surface area contributed by atoms with E-state index in [1.807, 2.05) is 81.4 Å². The molecule has 0 radical (unpaired) electrons. The Morgan fingerprint density at radius 2 is 0.767 bits per heavy atom. The van der Waals surface area contributed by atoms with Crippen molar-refractivity contribution in [2.45, 2.75) is 33.1 Å². The van der Waals surface area contributed by atoms with Crippen LogP contribution < -0.4 is 0 Å². The first-order valence-electron chi connectivity index (χ1n) is 13.7. The van der Waals surface area contributed by atoms with Gasteiger partial charge in [0.2, 0.25) is 0 Å². The Kier molecular flexibility index (Phi) is 5.77. The predicted molar refractivity (Wildman–Crippen MR) is 159 cm³/mol. The van der Waals surface area contributed by atoms with Crippen LogP contribution in [0.2, 0.25) is 0 Å². The molecule has 8 heteroatoms. The van der Waals surface area contributed by atoms with Gasteiger partial charge in [0.25, 0.3) is 0 Å². The van der Waals surface area contributed by atoms with Crippen LogP contribution in [0.4, 0.5) is 26.3 Å². The molecule has 0 aliphatic rings. The number of hydrogen-bond donors (Lipinski definition) is 0. The predicted octanol–water partition coefficient (Wildman–Crippen LogP) is 10.8. The average Bonchev–Trinajstić information content (AvgIpc) is 3.43. The minimum absolute atomic E-state index is 0.00346. The van der Waals surface area contributed by atoms with E-state index in [1.165, 1.54) is 0 Å². The molecule has 7 aromatic rings. The number of nitrogens with zero attached hydrogens (tertiary/aromatic N) is 2. The Labute approximate surface area is 242 Å². The molecule has 2 nitrogen and oxygen atoms in total. The van der Waals surface area contributed by atoms with Crippen molar-refractivity contribution < 1.29 is 26.3 Å². The largest absolute Gasteiger partial charge is 0.417 e. The normalized spacial score (nSPS) is 12.8. The van der Waals surface area contributed by atoms with Crippen LogP contribution >= 0.6 is 0 Å². The molecule has 0 N–H and O–H groups in total. The topological polar surface area (TPSA) is 9.86 Å². The van der Waals surface area contributed by atoms with E-state index in [-0.39, 0.29) is 11.4 Å². The summed E-state index contributed by atoms with van der Waals surface area (Å²) < 4.78 is 89.9. The minimum atomic E-state index is -5.25. The van der Waals surface area contributed by atoms with Gasteiger partial charge in [0.1, 0.15) is 0 Å². The number of halogens is 6. The monoisotopic (exact) mass is 586 g/mol. The molecule has 5 aromatic carbocycles. The fraction of sp³-hybridized carbons (Fsp3) is 0.143. The third kappa shape index (κ3) is 4.19. The van der Waals surface area contributed by atoms with E-state index in [0.29, 0.717) is 34.2 Å². The lowest BCUT2D eigenvalue weighted by Gasteiger charge is -2.22. The summed E-state index contributed by atoms with van der Waals surface area (Å²) in [5, 5.41) is 3.18. The molecule has 0 atom stereocenters. The van der Waals surface area contributed by atoms with Gasteiger partial charge in [-0.2, -0.15) is 26.3 Å². The summed E-state index contributed by atoms with van der Waals surface area (Å²) in [5.41, 5.74) is 1.75. The SMILES string of the molecule is Cc1ccc2c(c1)c1ccccc1n2-c1cc(C(F)(F)F)c(C(F)(F)F)cc1-n1c2ccc(C)cc2c2cc(C)ccc21. The Morgan fingerprint density at radius 3 is 1.16 bits per heavy atom. The van der Waals surface area contributed by atoms with E-state index in [1.54, 1.807) is 27.3 Å². The van der Waals surface area contributed by atoms with Crippen LogP contribution in [0, 0.1) is 20.8 Å². The van der Waals surface area contributed by atoms with Gasteiger partial charge >= 0.3 is 12.4 Å². The van der Waals surface area contributed by atoms with Crippen LogP contribution in [0.3, 0.4) is 0 Å². The van der Waals surface area contributed by atoms with Crippen molar-refractivity contribution in [1.29, 1.82) is 0 Å². The fourth-order valence-electron chi connectivity index (χ4n) is 6.26. The summed E-state index contributed by atoms with van der Waals surface area (Å²) in [4.78, 5) is 0. The molecule has 7 rings (SSSR count). The molecule has 0 saturated heterocycles. The maximum atomic E-state index is 14.4. The number of aryl methyl sites for hydroxylation is 3. The van der Waals surface area contributed by atoms with Crippen molar-refractivity contribution in [1.82, 2.24) is 9.13 Å². The molecule has 0 aliphatic carbocycles. The molecule has 0 saturated carbocycles. The quantitative estimate of drug-likeness (QED) is 0.178. The molecule has 2 heterocycles. The smallest absolute Gasteiger partial charge is 0.307 e. The highest BCUT2D eigenvalue weighted by Crippen LogP contribution is 2.46. The van der Waals surface area contributed by atoms with Gasteiger partial charge in [-0.05, 0) is 75.4 Å². The molecule has 216 valence electrons. The first kappa shape index (κ1) is 27.1. The number of benzene rings is 5. The summed E-state index contributed by atoms with van der Waals surface area (Å²) >= 11 is 0. The second-order valence-electron chi connectivity index (χ2n) is 11.1. The first-order chi connectivity index (χ1) is 20.3. The number of hydrogen-bond acceptors (Lipinski definition) is 0. The number of para-hydroxylation sites is 1. The molecular weight excluding hydrogens is 562 g/mol. The molecule has 0 bridgehead atoms. The van der Waals surface area contributed by atoms with Crippen molar-refractivity contribution in [2.24, 2.45) is 0 Å². The third-order valence-electron chi connectivity index (χ3n) is 8.11. The summed E-state index contributed by atoms with van der Waals surface area (Å²) in [6.07, 6.45) is -10.5. The lowest BCUT2D eigenvalue weighted by atomic mass is 10.0. The lowest BCUT2D eigenvalue weighted by molar-refractivity contribution is -0.162. The van der Waals surface area contributed by atoms with E-state index in [0.717, 1.165) is 38.2 Å². The van der Waals surface area contributed by atoms with Gasteiger partial charge in [-0.25, -0.2) is 0 Å². The molecule has 0 amide bonds. The lowest BCUT2D eigenvalue weighted by Crippen LogP contribution is -2.19. The van der Waals surface area contributed by atoms with Crippen LogP contribution in [-0.2, 0) is 12.4 Å². The van der Waals surface area contributed by atoms with Crippen molar-refractivity contribution in [3.05, 3.63) is 119 Å². The number of fused-ring (bicyclic) bond motifs is 6. The zero-order valence-corrected chi connectivity index (χ0v) is 23.3. The maximum absolute atomic E-state index is 14.4. The van der Waals surface area contributed by atoms with Gasteiger partial charge in [0.05, 0.1) is 44.6 Å². The van der Waals surface area contributed by atoms with Gasteiger partial charge in [-0.3, -0.25) is 0 Å². The zero-order valence-electron chi connectivity index (χ0n) is 23.3. The summed E-state index contributed by atoms with van der Waals surface area (Å²) in [7, 11) is 0. The molecule has 2 aromatic heterocycles. The van der Waals surface area contributed by atoms with Gasteiger partial charge in [0, 0.05) is 21.5 Å². The molecule has 0 aliphatic heterocycles. The molecule has 0 fully saturated rings. The van der Waals surface area contributed by atoms with Crippen LogP contribution in [0.1, 0.15) is 27.8 Å². The van der Waals surface area contributed by atoms with Crippen molar-refractivity contribution in [2.75, 3.05) is 0 Å². The highest BCUT2D eigenvalue weighted by molar-refractivity contribution is 6.12. The highest BCUT2D eigenvalue weighted by Gasteiger charge is 2.44. The van der Waals surface area contributed by atoms with Gasteiger partial charge in [0.15, 0.2) is 0 Å². The number of aromatic nitrogens is 2. The minimum Gasteiger partial charge on any atom is -0.307 e. The van der Waals surface area contributed by atoms with Gasteiger partial charge < -0.3 is 9.13 Å². The van der Waals surface area contributed by atoms with Crippen LogP contribution in [0.15, 0.2) is 91.0 Å². The standard InChI is InChI=1S/C35H24F6N2/c1-19-8-11-29-23(14-19)22-6-4-5-7-28(22)42(29)32-17-26(34(36,37)38)27(35(39,40)41)18-33(32)43-30-12-9-20(2)15-24(30)25-16-21(3)10-13-31(25)43/h4-18H,1-3H3. The second kappa shape index (κ2) is 9.14. The third-order valence-corrected chi connectivity index (χ3v) is 8.11. The fourth-order valence-corrected chi connectivity index (χ4v) is 6.26. The van der Waals surface area contributed by atoms with E-state index in [4.69, 9.17) is 0 Å². The van der Waals surface area contributed by atoms with Crippen LogP contribution in [0.25, 0.3) is 55.0 Å². The molecule has 0 unspecified atom stereocenters. The number of rotatable bonds is 2. The van der Waals surface area contributed by atoms with Crippen molar-refractivity contribution >= 4 is 43.6 Å². The van der Waals surface area contributed by atoms with Gasteiger partial charge in [-0.1, -0.05) is 53.1 Å². The summed E-state index contributed by atoms with van der Waals surface area (Å²) in [6, 6.07) is 25.4. The van der Waals surface area contributed by atoms with E-state index >= 15 is 0 Å². The van der Waals surface area contributed by atoms with E-state index < -0.39 is 23.5 Å². The van der Waals surface area contributed by atoms with E-state index in [2.05, 4.69) is 0 Å². The van der Waals surface area contributed by atoms with Crippen molar-refractivity contribution in [3.8, 4) is 11.4 Å². The van der Waals surface area contributed by atoms with Crippen LogP contribution in [0.5, 0.6) is 0 Å². The maximum Gasteiger partial charge on any atom is 0.417 e.